The van der Waals surface area contributed by atoms with Gasteiger partial charge in [0.25, 0.3) is 0 Å². The number of halogens is 1. The fraction of sp³-hybridized carbons (Fsp3) is 0.357. The number of hydrogen-bond donors (Lipinski definition) is 1. The van der Waals surface area contributed by atoms with Gasteiger partial charge in [-0.1, -0.05) is 5.16 Å². The van der Waals surface area contributed by atoms with Crippen LogP contribution in [0.15, 0.2) is 28.8 Å². The highest BCUT2D eigenvalue weighted by atomic mass is 19.1. The van der Waals surface area contributed by atoms with E-state index >= 15 is 0 Å². The Morgan fingerprint density at radius 1 is 1.35 bits per heavy atom. The maximum absolute atomic E-state index is 13.2. The molecular weight excluding hydrogens is 263 g/mol. The molecule has 20 heavy (non-hydrogen) atoms. The van der Waals surface area contributed by atoms with Crippen molar-refractivity contribution in [3.05, 3.63) is 47.1 Å². The van der Waals surface area contributed by atoms with E-state index < -0.39 is 0 Å². The summed E-state index contributed by atoms with van der Waals surface area (Å²) in [6.45, 7) is 2.35. The first-order valence-corrected chi connectivity index (χ1v) is 6.21. The molecule has 0 aliphatic rings. The third kappa shape index (κ3) is 3.55. The van der Waals surface area contributed by atoms with Gasteiger partial charge in [-0.2, -0.15) is 0 Å². The fourth-order valence-electron chi connectivity index (χ4n) is 1.79. The van der Waals surface area contributed by atoms with Gasteiger partial charge >= 0.3 is 0 Å². The van der Waals surface area contributed by atoms with E-state index in [1.165, 1.54) is 12.1 Å². The van der Waals surface area contributed by atoms with Crippen molar-refractivity contribution >= 4 is 0 Å². The van der Waals surface area contributed by atoms with Gasteiger partial charge < -0.3 is 19.7 Å². The van der Waals surface area contributed by atoms with Crippen LogP contribution >= 0.6 is 0 Å². The van der Waals surface area contributed by atoms with Crippen LogP contribution in [0.1, 0.15) is 30.0 Å². The molecule has 1 aromatic heterocycles. The van der Waals surface area contributed by atoms with Crippen LogP contribution in [0.4, 0.5) is 4.39 Å². The lowest BCUT2D eigenvalue weighted by Crippen LogP contribution is -2.08. The van der Waals surface area contributed by atoms with Crippen LogP contribution in [0.3, 0.4) is 0 Å². The molecule has 1 atom stereocenters. The third-order valence-corrected chi connectivity index (χ3v) is 2.73. The highest BCUT2D eigenvalue weighted by Gasteiger charge is 2.11. The molecule has 2 aromatic rings. The molecule has 5 nitrogen and oxygen atoms in total. The minimum Gasteiger partial charge on any atom is -0.487 e. The second-order valence-electron chi connectivity index (χ2n) is 4.48. The zero-order valence-corrected chi connectivity index (χ0v) is 11.4. The van der Waals surface area contributed by atoms with Gasteiger partial charge in [-0.3, -0.25) is 0 Å². The quantitative estimate of drug-likeness (QED) is 0.880. The van der Waals surface area contributed by atoms with Crippen LogP contribution < -0.4 is 10.5 Å². The molecule has 0 aliphatic carbocycles. The van der Waals surface area contributed by atoms with Crippen molar-refractivity contribution in [3.8, 4) is 5.75 Å². The van der Waals surface area contributed by atoms with E-state index in [0.717, 1.165) is 0 Å². The Balaban J connectivity index is 2.06. The lowest BCUT2D eigenvalue weighted by Gasteiger charge is -2.13. The molecule has 0 radical (unpaired) electrons. The number of rotatable bonds is 6. The summed E-state index contributed by atoms with van der Waals surface area (Å²) in [5.41, 5.74) is 7.05. The Morgan fingerprint density at radius 3 is 2.85 bits per heavy atom. The molecule has 0 saturated carbocycles. The first-order chi connectivity index (χ1) is 9.60. The Morgan fingerprint density at radius 2 is 2.15 bits per heavy atom. The first-order valence-electron chi connectivity index (χ1n) is 6.21. The third-order valence-electron chi connectivity index (χ3n) is 2.73. The molecule has 0 bridgehead atoms. The number of benzene rings is 1. The van der Waals surface area contributed by atoms with E-state index in [1.807, 2.05) is 0 Å². The summed E-state index contributed by atoms with van der Waals surface area (Å²) in [7, 11) is 1.58. The smallest absolute Gasteiger partial charge is 0.162 e. The van der Waals surface area contributed by atoms with Crippen molar-refractivity contribution in [3.63, 3.8) is 0 Å². The van der Waals surface area contributed by atoms with E-state index in [9.17, 15) is 4.39 Å². The maximum atomic E-state index is 13.2. The molecule has 0 spiro atoms. The van der Waals surface area contributed by atoms with Gasteiger partial charge in [-0.15, -0.1) is 0 Å². The van der Waals surface area contributed by atoms with Gasteiger partial charge in [0, 0.05) is 24.8 Å². The second kappa shape index (κ2) is 6.49. The highest BCUT2D eigenvalue weighted by Crippen LogP contribution is 2.25. The van der Waals surface area contributed by atoms with E-state index in [4.69, 9.17) is 19.7 Å². The molecule has 6 heteroatoms. The Kier molecular flexibility index (Phi) is 4.70. The normalized spacial score (nSPS) is 12.4. The molecule has 0 amide bonds. The zero-order valence-electron chi connectivity index (χ0n) is 11.4. The topological polar surface area (TPSA) is 70.5 Å². The van der Waals surface area contributed by atoms with Gasteiger partial charge in [0.1, 0.15) is 30.5 Å². The van der Waals surface area contributed by atoms with Crippen molar-refractivity contribution in [1.29, 1.82) is 0 Å². The van der Waals surface area contributed by atoms with Crippen LogP contribution in [0.25, 0.3) is 0 Å². The number of hydrogen-bond acceptors (Lipinski definition) is 5. The Hall–Kier alpha value is -1.92. The molecule has 2 rings (SSSR count). The molecule has 1 unspecified atom stereocenters. The Labute approximate surface area is 116 Å². The lowest BCUT2D eigenvalue weighted by molar-refractivity contribution is 0.155. The minimum absolute atomic E-state index is 0.221. The summed E-state index contributed by atoms with van der Waals surface area (Å²) in [6, 6.07) is 5.70. The van der Waals surface area contributed by atoms with Crippen LogP contribution in [0.2, 0.25) is 0 Å². The summed E-state index contributed by atoms with van der Waals surface area (Å²) in [5.74, 6) is 0.823. The van der Waals surface area contributed by atoms with Crippen LogP contribution in [0, 0.1) is 5.82 Å². The van der Waals surface area contributed by atoms with Gasteiger partial charge in [-0.25, -0.2) is 4.39 Å². The van der Waals surface area contributed by atoms with E-state index in [2.05, 4.69) is 5.16 Å². The predicted molar refractivity (Wildman–Crippen MR) is 70.6 cm³/mol. The lowest BCUT2D eigenvalue weighted by atomic mass is 10.1. The minimum atomic E-state index is -0.339. The average Bonchev–Trinajstić information content (AvgIpc) is 2.85. The van der Waals surface area contributed by atoms with Crippen molar-refractivity contribution < 1.29 is 18.4 Å². The van der Waals surface area contributed by atoms with E-state index in [1.54, 1.807) is 26.2 Å². The summed E-state index contributed by atoms with van der Waals surface area (Å²) in [5, 5.41) is 3.86. The van der Waals surface area contributed by atoms with Gasteiger partial charge in [0.05, 0.1) is 0 Å². The molecule has 0 saturated heterocycles. The zero-order chi connectivity index (χ0) is 14.5. The summed E-state index contributed by atoms with van der Waals surface area (Å²) < 4.78 is 28.8. The largest absolute Gasteiger partial charge is 0.487 e. The molecule has 1 heterocycles. The number of nitrogens with two attached hydrogens (primary N) is 1. The number of ether oxygens (including phenoxy) is 2. The molecule has 2 N–H and O–H groups in total. The average molecular weight is 280 g/mol. The van der Waals surface area contributed by atoms with Crippen molar-refractivity contribution in [2.45, 2.75) is 26.2 Å². The van der Waals surface area contributed by atoms with Crippen LogP contribution in [-0.4, -0.2) is 12.3 Å². The predicted octanol–water partition coefficient (Wildman–Crippen LogP) is 2.56. The van der Waals surface area contributed by atoms with Gasteiger partial charge in [0.2, 0.25) is 0 Å². The van der Waals surface area contributed by atoms with E-state index in [0.29, 0.717) is 29.4 Å². The summed E-state index contributed by atoms with van der Waals surface area (Å²) >= 11 is 0. The van der Waals surface area contributed by atoms with Crippen LogP contribution in [0.5, 0.6) is 5.75 Å². The molecule has 1 aromatic carbocycles. The Bertz CT molecular complexity index is 569. The standard InChI is InChI=1S/C14H17FN2O3/c1-9(16)13-5-10(15)3-4-14(13)19-7-11-6-12(8-18-2)20-17-11/h3-6,9H,7-8,16H2,1-2H3. The summed E-state index contributed by atoms with van der Waals surface area (Å²) in [6.07, 6.45) is 0. The van der Waals surface area contributed by atoms with E-state index in [-0.39, 0.29) is 18.5 Å². The summed E-state index contributed by atoms with van der Waals surface area (Å²) in [4.78, 5) is 0. The van der Waals surface area contributed by atoms with Gasteiger partial charge in [-0.05, 0) is 25.1 Å². The fourth-order valence-corrected chi connectivity index (χ4v) is 1.79. The molecular formula is C14H17FN2O3. The number of nitrogens with zero attached hydrogens (tertiary/aromatic N) is 1. The van der Waals surface area contributed by atoms with Crippen molar-refractivity contribution in [2.24, 2.45) is 5.73 Å². The molecule has 108 valence electrons. The maximum Gasteiger partial charge on any atom is 0.162 e. The first kappa shape index (κ1) is 14.5. The van der Waals surface area contributed by atoms with Crippen molar-refractivity contribution in [1.82, 2.24) is 5.16 Å². The number of aromatic nitrogens is 1. The highest BCUT2D eigenvalue weighted by molar-refractivity contribution is 5.36. The second-order valence-corrected chi connectivity index (χ2v) is 4.48. The SMILES string of the molecule is COCc1cc(COc2ccc(F)cc2C(C)N)no1. The van der Waals surface area contributed by atoms with Crippen LogP contribution in [-0.2, 0) is 18.0 Å². The van der Waals surface area contributed by atoms with Crippen molar-refractivity contribution in [2.75, 3.05) is 7.11 Å². The molecule has 0 aliphatic heterocycles. The molecule has 0 fully saturated rings. The monoisotopic (exact) mass is 280 g/mol. The number of methoxy groups -OCH3 is 1. The van der Waals surface area contributed by atoms with Gasteiger partial charge in [0.15, 0.2) is 5.76 Å².